The smallest absolute Gasteiger partial charge is 0.205 e. The van der Waals surface area contributed by atoms with Gasteiger partial charge in [-0.2, -0.15) is 0 Å². The Morgan fingerprint density at radius 3 is 2.40 bits per heavy atom. The van der Waals surface area contributed by atoms with Crippen molar-refractivity contribution in [2.24, 2.45) is 0 Å². The van der Waals surface area contributed by atoms with Gasteiger partial charge >= 0.3 is 0 Å². The second-order valence-electron chi connectivity index (χ2n) is 2.97. The van der Waals surface area contributed by atoms with Gasteiger partial charge in [0.05, 0.1) is 19.8 Å². The molecule has 0 spiro atoms. The monoisotopic (exact) mass is 232 g/mol. The molecule has 7 heteroatoms. The van der Waals surface area contributed by atoms with Gasteiger partial charge in [-0.1, -0.05) is 11.3 Å². The standard InChI is InChI=1S/C8H16N4O2S/c1-9-8-11-10-7(15-8)6-12(2-4-13)3-5-14/h13-14H,2-6H2,1H3,(H,9,11). The van der Waals surface area contributed by atoms with E-state index in [-0.39, 0.29) is 13.2 Å². The van der Waals surface area contributed by atoms with Gasteiger partial charge in [0, 0.05) is 20.1 Å². The SMILES string of the molecule is CNc1nnc(CN(CCO)CCO)s1. The summed E-state index contributed by atoms with van der Waals surface area (Å²) in [7, 11) is 1.80. The van der Waals surface area contributed by atoms with Crippen LogP contribution in [-0.4, -0.2) is 58.7 Å². The average molecular weight is 232 g/mol. The number of aromatic nitrogens is 2. The Hall–Kier alpha value is -0.760. The highest BCUT2D eigenvalue weighted by Gasteiger charge is 2.08. The lowest BCUT2D eigenvalue weighted by atomic mass is 10.4. The van der Waals surface area contributed by atoms with Crippen molar-refractivity contribution < 1.29 is 10.2 Å². The Bertz CT molecular complexity index is 275. The van der Waals surface area contributed by atoms with Gasteiger partial charge in [0.25, 0.3) is 0 Å². The molecule has 0 aliphatic rings. The molecular weight excluding hydrogens is 216 g/mol. The minimum absolute atomic E-state index is 0.0810. The van der Waals surface area contributed by atoms with Gasteiger partial charge in [0.1, 0.15) is 5.01 Å². The topological polar surface area (TPSA) is 81.5 Å². The first-order chi connectivity index (χ1) is 7.30. The Morgan fingerprint density at radius 1 is 1.27 bits per heavy atom. The Morgan fingerprint density at radius 2 is 1.93 bits per heavy atom. The predicted octanol–water partition coefficient (Wildman–Crippen LogP) is -0.634. The Labute approximate surface area is 92.6 Å². The number of aliphatic hydroxyl groups excluding tert-OH is 2. The maximum Gasteiger partial charge on any atom is 0.205 e. The van der Waals surface area contributed by atoms with Crippen LogP contribution in [0.1, 0.15) is 5.01 Å². The second-order valence-corrected chi connectivity index (χ2v) is 4.04. The fourth-order valence-corrected chi connectivity index (χ4v) is 1.90. The quantitative estimate of drug-likeness (QED) is 0.580. The van der Waals surface area contributed by atoms with Crippen LogP contribution in [0.3, 0.4) is 0 Å². The number of hydrogen-bond acceptors (Lipinski definition) is 7. The minimum Gasteiger partial charge on any atom is -0.395 e. The van der Waals surface area contributed by atoms with Crippen molar-refractivity contribution in [2.45, 2.75) is 6.54 Å². The molecule has 1 aromatic rings. The molecule has 0 radical (unpaired) electrons. The molecular formula is C8H16N4O2S. The summed E-state index contributed by atoms with van der Waals surface area (Å²) >= 11 is 1.47. The van der Waals surface area contributed by atoms with Gasteiger partial charge < -0.3 is 15.5 Å². The van der Waals surface area contributed by atoms with Crippen molar-refractivity contribution in [2.75, 3.05) is 38.7 Å². The van der Waals surface area contributed by atoms with Crippen LogP contribution in [0.25, 0.3) is 0 Å². The average Bonchev–Trinajstić information content (AvgIpc) is 2.66. The summed E-state index contributed by atoms with van der Waals surface area (Å²) < 4.78 is 0. The summed E-state index contributed by atoms with van der Waals surface area (Å²) in [6.45, 7) is 1.85. The summed E-state index contributed by atoms with van der Waals surface area (Å²) in [6.07, 6.45) is 0. The molecule has 0 unspecified atom stereocenters. The Balaban J connectivity index is 2.48. The first-order valence-electron chi connectivity index (χ1n) is 4.74. The molecule has 1 aromatic heterocycles. The van der Waals surface area contributed by atoms with E-state index < -0.39 is 0 Å². The van der Waals surface area contributed by atoms with E-state index in [1.54, 1.807) is 7.05 Å². The van der Waals surface area contributed by atoms with Crippen molar-refractivity contribution in [3.8, 4) is 0 Å². The fraction of sp³-hybridized carbons (Fsp3) is 0.750. The molecule has 1 heterocycles. The van der Waals surface area contributed by atoms with Crippen molar-refractivity contribution in [1.82, 2.24) is 15.1 Å². The highest BCUT2D eigenvalue weighted by atomic mass is 32.1. The lowest BCUT2D eigenvalue weighted by Gasteiger charge is -2.17. The molecule has 1 rings (SSSR count). The molecule has 0 fully saturated rings. The molecule has 86 valence electrons. The second kappa shape index (κ2) is 6.67. The highest BCUT2D eigenvalue weighted by Crippen LogP contribution is 2.15. The van der Waals surface area contributed by atoms with Gasteiger partial charge in [-0.25, -0.2) is 0 Å². The van der Waals surface area contributed by atoms with E-state index in [9.17, 15) is 0 Å². The molecule has 3 N–H and O–H groups in total. The van der Waals surface area contributed by atoms with Gasteiger partial charge in [-0.05, 0) is 0 Å². The normalized spacial score (nSPS) is 10.9. The maximum atomic E-state index is 8.82. The largest absolute Gasteiger partial charge is 0.395 e. The molecule has 0 atom stereocenters. The lowest BCUT2D eigenvalue weighted by Crippen LogP contribution is -2.29. The molecule has 0 saturated carbocycles. The molecule has 0 aliphatic heterocycles. The van der Waals surface area contributed by atoms with E-state index in [4.69, 9.17) is 10.2 Å². The number of nitrogens with zero attached hydrogens (tertiary/aromatic N) is 3. The van der Waals surface area contributed by atoms with E-state index in [0.29, 0.717) is 19.6 Å². The van der Waals surface area contributed by atoms with Gasteiger partial charge in [0.2, 0.25) is 5.13 Å². The molecule has 0 saturated heterocycles. The summed E-state index contributed by atoms with van der Waals surface area (Å²) in [5, 5.41) is 30.1. The van der Waals surface area contributed by atoms with Crippen molar-refractivity contribution >= 4 is 16.5 Å². The van der Waals surface area contributed by atoms with Gasteiger partial charge in [-0.15, -0.1) is 10.2 Å². The van der Waals surface area contributed by atoms with Crippen LogP contribution in [0.4, 0.5) is 5.13 Å². The first kappa shape index (κ1) is 12.3. The third kappa shape index (κ3) is 4.08. The molecule has 15 heavy (non-hydrogen) atoms. The number of nitrogens with one attached hydrogen (secondary N) is 1. The van der Waals surface area contributed by atoms with Gasteiger partial charge in [-0.3, -0.25) is 4.90 Å². The summed E-state index contributed by atoms with van der Waals surface area (Å²) in [4.78, 5) is 1.93. The minimum atomic E-state index is 0.0810. The van der Waals surface area contributed by atoms with E-state index in [1.165, 1.54) is 11.3 Å². The van der Waals surface area contributed by atoms with Crippen LogP contribution in [-0.2, 0) is 6.54 Å². The zero-order valence-electron chi connectivity index (χ0n) is 8.68. The summed E-state index contributed by atoms with van der Waals surface area (Å²) in [6, 6.07) is 0. The van der Waals surface area contributed by atoms with E-state index >= 15 is 0 Å². The van der Waals surface area contributed by atoms with E-state index in [2.05, 4.69) is 15.5 Å². The van der Waals surface area contributed by atoms with Crippen LogP contribution in [0.2, 0.25) is 0 Å². The number of rotatable bonds is 7. The Kier molecular flexibility index (Phi) is 5.48. The number of anilines is 1. The van der Waals surface area contributed by atoms with Crippen molar-refractivity contribution in [3.63, 3.8) is 0 Å². The third-order valence-electron chi connectivity index (χ3n) is 1.87. The molecule has 0 aliphatic carbocycles. The van der Waals surface area contributed by atoms with E-state index in [0.717, 1.165) is 10.1 Å². The highest BCUT2D eigenvalue weighted by molar-refractivity contribution is 7.15. The van der Waals surface area contributed by atoms with Crippen LogP contribution in [0.15, 0.2) is 0 Å². The maximum absolute atomic E-state index is 8.82. The van der Waals surface area contributed by atoms with Crippen LogP contribution < -0.4 is 5.32 Å². The van der Waals surface area contributed by atoms with E-state index in [1.807, 2.05) is 4.90 Å². The predicted molar refractivity (Wildman–Crippen MR) is 58.9 cm³/mol. The molecule has 0 amide bonds. The first-order valence-corrected chi connectivity index (χ1v) is 5.56. The zero-order chi connectivity index (χ0) is 11.1. The molecule has 0 bridgehead atoms. The third-order valence-corrected chi connectivity index (χ3v) is 2.80. The molecule has 6 nitrogen and oxygen atoms in total. The molecule has 0 aromatic carbocycles. The summed E-state index contributed by atoms with van der Waals surface area (Å²) in [5.41, 5.74) is 0. The van der Waals surface area contributed by atoms with Crippen molar-refractivity contribution in [1.29, 1.82) is 0 Å². The fourth-order valence-electron chi connectivity index (χ4n) is 1.16. The van der Waals surface area contributed by atoms with Gasteiger partial charge in [0.15, 0.2) is 0 Å². The van der Waals surface area contributed by atoms with Crippen LogP contribution in [0.5, 0.6) is 0 Å². The van der Waals surface area contributed by atoms with Crippen molar-refractivity contribution in [3.05, 3.63) is 5.01 Å². The number of hydrogen-bond donors (Lipinski definition) is 3. The van der Waals surface area contributed by atoms with Crippen LogP contribution >= 0.6 is 11.3 Å². The summed E-state index contributed by atoms with van der Waals surface area (Å²) in [5.74, 6) is 0. The lowest BCUT2D eigenvalue weighted by molar-refractivity contribution is 0.155. The van der Waals surface area contributed by atoms with Crippen LogP contribution in [0, 0.1) is 0 Å². The number of aliphatic hydroxyl groups is 2. The zero-order valence-corrected chi connectivity index (χ0v) is 9.50.